The molecular formula is C26H23N3O5S. The number of nitro groups is 1. The summed E-state index contributed by atoms with van der Waals surface area (Å²) >= 11 is 1.23. The molecule has 1 aliphatic rings. The summed E-state index contributed by atoms with van der Waals surface area (Å²) in [6.45, 7) is 2.53. The molecule has 35 heavy (non-hydrogen) atoms. The Hall–Kier alpha value is -4.11. The lowest BCUT2D eigenvalue weighted by molar-refractivity contribution is -0.386. The number of thioether (sulfide) groups is 1. The van der Waals surface area contributed by atoms with E-state index in [0.717, 1.165) is 11.3 Å². The summed E-state index contributed by atoms with van der Waals surface area (Å²) in [7, 11) is 1.59. The van der Waals surface area contributed by atoms with E-state index in [-0.39, 0.29) is 24.0 Å². The average molecular weight is 490 g/mol. The van der Waals surface area contributed by atoms with Crippen LogP contribution in [0.4, 0.5) is 11.4 Å². The molecule has 3 aromatic rings. The van der Waals surface area contributed by atoms with Crippen molar-refractivity contribution in [3.8, 4) is 11.5 Å². The van der Waals surface area contributed by atoms with Gasteiger partial charge < -0.3 is 9.47 Å². The van der Waals surface area contributed by atoms with E-state index in [1.807, 2.05) is 49.4 Å². The number of amidine groups is 1. The van der Waals surface area contributed by atoms with E-state index in [1.165, 1.54) is 17.8 Å². The van der Waals surface area contributed by atoms with Crippen LogP contribution in [0.15, 0.2) is 82.7 Å². The molecule has 0 unspecified atom stereocenters. The Morgan fingerprint density at radius 1 is 1.09 bits per heavy atom. The highest BCUT2D eigenvalue weighted by Gasteiger charge is 2.32. The van der Waals surface area contributed by atoms with Crippen molar-refractivity contribution in [2.24, 2.45) is 4.99 Å². The molecule has 0 spiro atoms. The number of hydrogen-bond acceptors (Lipinski definition) is 7. The van der Waals surface area contributed by atoms with Gasteiger partial charge in [0, 0.05) is 12.6 Å². The van der Waals surface area contributed by atoms with E-state index >= 15 is 0 Å². The Morgan fingerprint density at radius 3 is 2.49 bits per heavy atom. The van der Waals surface area contributed by atoms with Gasteiger partial charge in [0.15, 0.2) is 10.9 Å². The molecule has 0 radical (unpaired) electrons. The first-order valence-electron chi connectivity index (χ1n) is 10.9. The molecule has 4 rings (SSSR count). The number of methoxy groups -OCH3 is 1. The molecule has 0 atom stereocenters. The first-order valence-corrected chi connectivity index (χ1v) is 11.7. The number of carbonyl (C=O) groups is 1. The molecule has 1 aliphatic heterocycles. The van der Waals surface area contributed by atoms with E-state index in [0.29, 0.717) is 27.9 Å². The first-order chi connectivity index (χ1) is 17.0. The normalized spacial score (nSPS) is 15.6. The number of likely N-dealkylation sites (N-methyl/N-ethyl adjacent to an activating group) is 1. The van der Waals surface area contributed by atoms with Gasteiger partial charge in [-0.25, -0.2) is 4.99 Å². The minimum Gasteiger partial charge on any atom is -0.497 e. The zero-order valence-electron chi connectivity index (χ0n) is 19.2. The molecule has 1 fully saturated rings. The first kappa shape index (κ1) is 24.0. The minimum absolute atomic E-state index is 0.162. The van der Waals surface area contributed by atoms with Crippen LogP contribution in [0.3, 0.4) is 0 Å². The molecule has 8 nitrogen and oxygen atoms in total. The molecule has 0 N–H and O–H groups in total. The molecule has 1 saturated heterocycles. The molecule has 178 valence electrons. The molecule has 3 aromatic carbocycles. The van der Waals surface area contributed by atoms with Crippen molar-refractivity contribution in [2.75, 3.05) is 13.7 Å². The topological polar surface area (TPSA) is 94.3 Å². The summed E-state index contributed by atoms with van der Waals surface area (Å²) in [5.41, 5.74) is 1.96. The van der Waals surface area contributed by atoms with Crippen LogP contribution in [-0.2, 0) is 11.4 Å². The molecule has 0 aromatic heterocycles. The summed E-state index contributed by atoms with van der Waals surface area (Å²) in [5, 5.41) is 12.2. The van der Waals surface area contributed by atoms with Crippen molar-refractivity contribution in [1.82, 2.24) is 4.90 Å². The van der Waals surface area contributed by atoms with Gasteiger partial charge in [0.2, 0.25) is 0 Å². The monoisotopic (exact) mass is 489 g/mol. The number of benzene rings is 3. The van der Waals surface area contributed by atoms with Gasteiger partial charge in [-0.3, -0.25) is 19.8 Å². The average Bonchev–Trinajstić information content (AvgIpc) is 3.17. The highest BCUT2D eigenvalue weighted by atomic mass is 32.2. The Kier molecular flexibility index (Phi) is 7.47. The van der Waals surface area contributed by atoms with Gasteiger partial charge in [0.1, 0.15) is 12.4 Å². The smallest absolute Gasteiger partial charge is 0.311 e. The molecule has 0 aliphatic carbocycles. The summed E-state index contributed by atoms with van der Waals surface area (Å²) in [6, 6.07) is 21.3. The quantitative estimate of drug-likeness (QED) is 0.225. The van der Waals surface area contributed by atoms with Crippen LogP contribution in [0.1, 0.15) is 18.1 Å². The molecule has 0 saturated carbocycles. The van der Waals surface area contributed by atoms with Gasteiger partial charge in [-0.15, -0.1) is 0 Å². The van der Waals surface area contributed by atoms with Crippen LogP contribution < -0.4 is 9.47 Å². The maximum Gasteiger partial charge on any atom is 0.311 e. The number of amides is 1. The van der Waals surface area contributed by atoms with Crippen LogP contribution in [-0.4, -0.2) is 34.6 Å². The number of nitrogens with zero attached hydrogens (tertiary/aromatic N) is 3. The number of hydrogen-bond donors (Lipinski definition) is 0. The van der Waals surface area contributed by atoms with Crippen LogP contribution >= 0.6 is 11.8 Å². The third kappa shape index (κ3) is 5.70. The Labute approximate surface area is 207 Å². The maximum atomic E-state index is 13.0. The number of nitro benzene ring substituents is 1. The number of rotatable bonds is 8. The number of aliphatic imine (C=N–C) groups is 1. The Bertz CT molecular complexity index is 1290. The second-order valence-electron chi connectivity index (χ2n) is 7.51. The number of carbonyl (C=O) groups excluding carboxylic acids is 1. The van der Waals surface area contributed by atoms with E-state index in [1.54, 1.807) is 42.4 Å². The number of ether oxygens (including phenoxy) is 2. The van der Waals surface area contributed by atoms with Crippen LogP contribution in [0, 0.1) is 10.1 Å². The largest absolute Gasteiger partial charge is 0.497 e. The lowest BCUT2D eigenvalue weighted by Gasteiger charge is -2.12. The summed E-state index contributed by atoms with van der Waals surface area (Å²) in [5.74, 6) is 0.690. The van der Waals surface area contributed by atoms with Gasteiger partial charge in [-0.05, 0) is 66.2 Å². The highest BCUT2D eigenvalue weighted by molar-refractivity contribution is 8.18. The molecule has 1 heterocycles. The fourth-order valence-corrected chi connectivity index (χ4v) is 4.48. The summed E-state index contributed by atoms with van der Waals surface area (Å²) in [4.78, 5) is 30.8. The third-order valence-electron chi connectivity index (χ3n) is 5.22. The zero-order chi connectivity index (χ0) is 24.8. The van der Waals surface area contributed by atoms with Gasteiger partial charge in [0.05, 0.1) is 22.6 Å². The lowest BCUT2D eigenvalue weighted by atomic mass is 10.1. The van der Waals surface area contributed by atoms with Gasteiger partial charge >= 0.3 is 5.69 Å². The summed E-state index contributed by atoms with van der Waals surface area (Å²) < 4.78 is 10.9. The molecular weight excluding hydrogens is 466 g/mol. The van der Waals surface area contributed by atoms with Crippen molar-refractivity contribution in [3.05, 3.63) is 98.9 Å². The molecule has 1 amide bonds. The Balaban J connectivity index is 1.57. The third-order valence-corrected chi connectivity index (χ3v) is 6.22. The lowest BCUT2D eigenvalue weighted by Crippen LogP contribution is -2.28. The minimum atomic E-state index is -0.485. The Morgan fingerprint density at radius 2 is 1.83 bits per heavy atom. The second-order valence-corrected chi connectivity index (χ2v) is 8.52. The highest BCUT2D eigenvalue weighted by Crippen LogP contribution is 2.36. The van der Waals surface area contributed by atoms with Gasteiger partial charge in [-0.2, -0.15) is 0 Å². The van der Waals surface area contributed by atoms with Crippen molar-refractivity contribution >= 4 is 40.3 Å². The van der Waals surface area contributed by atoms with Crippen molar-refractivity contribution < 1.29 is 19.2 Å². The predicted molar refractivity (Wildman–Crippen MR) is 137 cm³/mol. The SMILES string of the molecule is CCN1C(=O)/C(=C\c2ccc(OCc3ccccc3)c([N+](=O)[O-])c2)SC1=Nc1ccc(OC)cc1. The van der Waals surface area contributed by atoms with E-state index in [4.69, 9.17) is 9.47 Å². The standard InChI is InChI=1S/C26H23N3O5S/c1-3-28-25(30)24(35-26(28)27-20-10-12-21(33-2)13-11-20)16-19-9-14-23(22(15-19)29(31)32)34-17-18-7-5-4-6-8-18/h4-16H,3,17H2,1-2H3/b24-16+,27-26?. The molecule has 9 heteroatoms. The van der Waals surface area contributed by atoms with Crippen LogP contribution in [0.5, 0.6) is 11.5 Å². The van der Waals surface area contributed by atoms with E-state index in [2.05, 4.69) is 4.99 Å². The summed E-state index contributed by atoms with van der Waals surface area (Å²) in [6.07, 6.45) is 1.64. The van der Waals surface area contributed by atoms with E-state index in [9.17, 15) is 14.9 Å². The van der Waals surface area contributed by atoms with Crippen molar-refractivity contribution in [2.45, 2.75) is 13.5 Å². The van der Waals surface area contributed by atoms with E-state index < -0.39 is 4.92 Å². The van der Waals surface area contributed by atoms with Gasteiger partial charge in [0.25, 0.3) is 5.91 Å². The fraction of sp³-hybridized carbons (Fsp3) is 0.154. The zero-order valence-corrected chi connectivity index (χ0v) is 20.0. The van der Waals surface area contributed by atoms with Crippen LogP contribution in [0.25, 0.3) is 6.08 Å². The maximum absolute atomic E-state index is 13.0. The fourth-order valence-electron chi connectivity index (χ4n) is 3.41. The second kappa shape index (κ2) is 10.9. The van der Waals surface area contributed by atoms with Gasteiger partial charge in [-0.1, -0.05) is 36.4 Å². The van der Waals surface area contributed by atoms with Crippen LogP contribution in [0.2, 0.25) is 0 Å². The molecule has 0 bridgehead atoms. The van der Waals surface area contributed by atoms with Crippen molar-refractivity contribution in [3.63, 3.8) is 0 Å². The predicted octanol–water partition coefficient (Wildman–Crippen LogP) is 5.81. The van der Waals surface area contributed by atoms with Crippen molar-refractivity contribution in [1.29, 1.82) is 0 Å².